The number of hydrogen-bond donors (Lipinski definition) is 1. The van der Waals surface area contributed by atoms with Gasteiger partial charge in [-0.3, -0.25) is 0 Å². The van der Waals surface area contributed by atoms with Crippen molar-refractivity contribution in [1.29, 1.82) is 0 Å². The molecule has 3 fully saturated rings. The standard InChI is InChI=1S/C12H23NO3/c1-11(2,4-5-13)6-9-12(3)7-14-10(16-9)15-8-12/h9-10H,4-8,13H2,1-3H3. The summed E-state index contributed by atoms with van der Waals surface area (Å²) in [5.41, 5.74) is 5.86. The molecule has 4 heteroatoms. The van der Waals surface area contributed by atoms with Gasteiger partial charge in [-0.05, 0) is 24.8 Å². The lowest BCUT2D eigenvalue weighted by Crippen LogP contribution is -2.57. The Hall–Kier alpha value is -0.160. The summed E-state index contributed by atoms with van der Waals surface area (Å²) in [6.07, 6.45) is 2.26. The lowest BCUT2D eigenvalue weighted by molar-refractivity contribution is -0.418. The minimum absolute atomic E-state index is 0.000614. The van der Waals surface area contributed by atoms with E-state index >= 15 is 0 Å². The number of ether oxygens (including phenoxy) is 3. The molecule has 0 spiro atoms. The first kappa shape index (κ1) is 12.3. The lowest BCUT2D eigenvalue weighted by atomic mass is 9.74. The van der Waals surface area contributed by atoms with Crippen molar-refractivity contribution < 1.29 is 14.2 Å². The summed E-state index contributed by atoms with van der Waals surface area (Å²) in [4.78, 5) is 0. The van der Waals surface area contributed by atoms with Crippen LogP contribution in [0.4, 0.5) is 0 Å². The van der Waals surface area contributed by atoms with E-state index in [1.807, 2.05) is 0 Å². The third-order valence-electron chi connectivity index (χ3n) is 3.71. The van der Waals surface area contributed by atoms with Crippen molar-refractivity contribution >= 4 is 0 Å². The lowest BCUT2D eigenvalue weighted by Gasteiger charge is -2.50. The zero-order valence-electron chi connectivity index (χ0n) is 10.5. The quantitative estimate of drug-likeness (QED) is 0.793. The van der Waals surface area contributed by atoms with E-state index in [0.717, 1.165) is 32.6 Å². The van der Waals surface area contributed by atoms with Crippen molar-refractivity contribution in [2.24, 2.45) is 16.6 Å². The molecule has 0 aliphatic carbocycles. The van der Waals surface area contributed by atoms with Crippen LogP contribution in [-0.4, -0.2) is 32.3 Å². The van der Waals surface area contributed by atoms with Crippen LogP contribution in [0.3, 0.4) is 0 Å². The van der Waals surface area contributed by atoms with Gasteiger partial charge in [0.05, 0.1) is 19.3 Å². The molecule has 0 radical (unpaired) electrons. The predicted octanol–water partition coefficient (Wildman–Crippen LogP) is 1.49. The molecule has 4 nitrogen and oxygen atoms in total. The number of fused-ring (bicyclic) bond motifs is 3. The van der Waals surface area contributed by atoms with Gasteiger partial charge in [-0.15, -0.1) is 0 Å². The van der Waals surface area contributed by atoms with Crippen LogP contribution in [0.5, 0.6) is 0 Å². The Kier molecular flexibility index (Phi) is 3.27. The Balaban J connectivity index is 1.99. The Bertz CT molecular complexity index is 247. The summed E-state index contributed by atoms with van der Waals surface area (Å²) in [7, 11) is 0. The molecule has 1 atom stereocenters. The second kappa shape index (κ2) is 4.26. The van der Waals surface area contributed by atoms with Crippen molar-refractivity contribution in [3.8, 4) is 0 Å². The molecule has 16 heavy (non-hydrogen) atoms. The van der Waals surface area contributed by atoms with Crippen molar-refractivity contribution in [3.05, 3.63) is 0 Å². The first-order chi connectivity index (χ1) is 7.45. The third-order valence-corrected chi connectivity index (χ3v) is 3.71. The monoisotopic (exact) mass is 229 g/mol. The Morgan fingerprint density at radius 1 is 1.31 bits per heavy atom. The maximum Gasteiger partial charge on any atom is 0.271 e. The predicted molar refractivity (Wildman–Crippen MR) is 60.7 cm³/mol. The molecular formula is C12H23NO3. The second-order valence-corrected chi connectivity index (χ2v) is 6.10. The highest BCUT2D eigenvalue weighted by atomic mass is 16.9. The minimum atomic E-state index is -0.444. The van der Waals surface area contributed by atoms with Crippen LogP contribution in [0.15, 0.2) is 0 Å². The van der Waals surface area contributed by atoms with Crippen molar-refractivity contribution in [2.45, 2.75) is 46.2 Å². The summed E-state index contributed by atoms with van der Waals surface area (Å²) >= 11 is 0. The van der Waals surface area contributed by atoms with Crippen LogP contribution >= 0.6 is 0 Å². The fourth-order valence-electron chi connectivity index (χ4n) is 2.46. The van der Waals surface area contributed by atoms with Gasteiger partial charge in [0.2, 0.25) is 0 Å². The topological polar surface area (TPSA) is 53.7 Å². The van der Waals surface area contributed by atoms with Gasteiger partial charge in [0.1, 0.15) is 0 Å². The molecule has 0 amide bonds. The molecule has 0 aromatic rings. The number of rotatable bonds is 4. The van der Waals surface area contributed by atoms with Crippen molar-refractivity contribution in [2.75, 3.05) is 19.8 Å². The maximum atomic E-state index is 5.79. The van der Waals surface area contributed by atoms with Crippen molar-refractivity contribution in [1.82, 2.24) is 0 Å². The first-order valence-electron chi connectivity index (χ1n) is 6.04. The average Bonchev–Trinajstić information content (AvgIpc) is 2.19. The van der Waals surface area contributed by atoms with E-state index in [1.165, 1.54) is 0 Å². The molecule has 3 saturated heterocycles. The molecule has 3 rings (SSSR count). The van der Waals surface area contributed by atoms with E-state index < -0.39 is 6.48 Å². The molecule has 2 bridgehead atoms. The maximum absolute atomic E-state index is 5.79. The van der Waals surface area contributed by atoms with Gasteiger partial charge < -0.3 is 19.9 Å². The highest BCUT2D eigenvalue weighted by molar-refractivity contribution is 4.91. The Morgan fingerprint density at radius 2 is 1.94 bits per heavy atom. The Morgan fingerprint density at radius 3 is 2.44 bits per heavy atom. The van der Waals surface area contributed by atoms with Crippen LogP contribution in [0, 0.1) is 10.8 Å². The molecule has 3 heterocycles. The highest BCUT2D eigenvalue weighted by Gasteiger charge is 2.48. The van der Waals surface area contributed by atoms with Gasteiger partial charge in [-0.2, -0.15) is 0 Å². The van der Waals surface area contributed by atoms with E-state index in [4.69, 9.17) is 19.9 Å². The minimum Gasteiger partial charge on any atom is -0.330 e. The highest BCUT2D eigenvalue weighted by Crippen LogP contribution is 2.42. The Labute approximate surface area is 97.4 Å². The first-order valence-corrected chi connectivity index (χ1v) is 6.04. The number of nitrogens with two attached hydrogens (primary N) is 1. The molecule has 0 saturated carbocycles. The van der Waals surface area contributed by atoms with Crippen LogP contribution in [0.2, 0.25) is 0 Å². The third kappa shape index (κ3) is 2.40. The molecule has 94 valence electrons. The molecule has 1 unspecified atom stereocenters. The van der Waals surface area contributed by atoms with Gasteiger partial charge in [0.25, 0.3) is 6.48 Å². The molecule has 3 aliphatic heterocycles. The van der Waals surface area contributed by atoms with E-state index in [1.54, 1.807) is 0 Å². The van der Waals surface area contributed by atoms with Crippen LogP contribution in [0.25, 0.3) is 0 Å². The molecule has 3 aliphatic rings. The van der Waals surface area contributed by atoms with E-state index in [0.29, 0.717) is 0 Å². The van der Waals surface area contributed by atoms with Gasteiger partial charge in [-0.1, -0.05) is 20.8 Å². The summed E-state index contributed by atoms with van der Waals surface area (Å²) in [6, 6.07) is 0. The zero-order chi connectivity index (χ0) is 11.8. The summed E-state index contributed by atoms with van der Waals surface area (Å²) in [5.74, 6) is 0. The normalized spacial score (nSPS) is 39.0. The van der Waals surface area contributed by atoms with E-state index in [-0.39, 0.29) is 16.9 Å². The smallest absolute Gasteiger partial charge is 0.271 e. The SMILES string of the molecule is CC(C)(CCN)CC1OC2OCC1(C)CO2. The van der Waals surface area contributed by atoms with Crippen LogP contribution in [-0.2, 0) is 14.2 Å². The van der Waals surface area contributed by atoms with E-state index in [9.17, 15) is 0 Å². The summed E-state index contributed by atoms with van der Waals surface area (Å²) in [6.45, 7) is 8.42. The van der Waals surface area contributed by atoms with Gasteiger partial charge >= 0.3 is 0 Å². The second-order valence-electron chi connectivity index (χ2n) is 6.10. The molecular weight excluding hydrogens is 206 g/mol. The molecule has 0 aromatic heterocycles. The largest absolute Gasteiger partial charge is 0.330 e. The summed E-state index contributed by atoms with van der Waals surface area (Å²) < 4.78 is 16.6. The summed E-state index contributed by atoms with van der Waals surface area (Å²) in [5, 5.41) is 0. The van der Waals surface area contributed by atoms with Gasteiger partial charge in [0.15, 0.2) is 0 Å². The van der Waals surface area contributed by atoms with Gasteiger partial charge in [0, 0.05) is 5.41 Å². The fraction of sp³-hybridized carbons (Fsp3) is 1.00. The van der Waals surface area contributed by atoms with Crippen LogP contribution < -0.4 is 5.73 Å². The fourth-order valence-corrected chi connectivity index (χ4v) is 2.46. The average molecular weight is 229 g/mol. The van der Waals surface area contributed by atoms with Crippen LogP contribution in [0.1, 0.15) is 33.6 Å². The van der Waals surface area contributed by atoms with E-state index in [2.05, 4.69) is 20.8 Å². The zero-order valence-corrected chi connectivity index (χ0v) is 10.5. The van der Waals surface area contributed by atoms with Crippen molar-refractivity contribution in [3.63, 3.8) is 0 Å². The number of hydrogen-bond acceptors (Lipinski definition) is 4. The molecule has 0 aromatic carbocycles. The molecule has 2 N–H and O–H groups in total. The van der Waals surface area contributed by atoms with Gasteiger partial charge in [-0.25, -0.2) is 0 Å².